The standard InChI is InChI=1S/C20H15N3/c1-2-9-16(10-3-1)22-20-17(19-12-6-7-13-21-19)14-15-8-4-5-11-18(15)23-20/h1-14H,(H,22,23). The van der Waals surface area contributed by atoms with E-state index in [9.17, 15) is 0 Å². The molecule has 3 heteroatoms. The monoisotopic (exact) mass is 297 g/mol. The minimum atomic E-state index is 0.814. The smallest absolute Gasteiger partial charge is 0.140 e. The predicted octanol–water partition coefficient (Wildman–Crippen LogP) is 5.04. The van der Waals surface area contributed by atoms with Crippen molar-refractivity contribution in [2.45, 2.75) is 0 Å². The summed E-state index contributed by atoms with van der Waals surface area (Å²) in [5.41, 5.74) is 3.87. The van der Waals surface area contributed by atoms with Crippen molar-refractivity contribution < 1.29 is 0 Å². The van der Waals surface area contributed by atoms with Crippen molar-refractivity contribution in [2.75, 3.05) is 5.32 Å². The van der Waals surface area contributed by atoms with Crippen LogP contribution in [0.5, 0.6) is 0 Å². The van der Waals surface area contributed by atoms with E-state index in [1.807, 2.05) is 66.7 Å². The minimum Gasteiger partial charge on any atom is -0.340 e. The number of para-hydroxylation sites is 2. The van der Waals surface area contributed by atoms with Crippen LogP contribution in [-0.2, 0) is 0 Å². The zero-order valence-corrected chi connectivity index (χ0v) is 12.5. The summed E-state index contributed by atoms with van der Waals surface area (Å²) in [6.45, 7) is 0. The van der Waals surface area contributed by atoms with Gasteiger partial charge in [-0.1, -0.05) is 42.5 Å². The average Bonchev–Trinajstić information content (AvgIpc) is 2.63. The Balaban J connectivity index is 1.89. The van der Waals surface area contributed by atoms with E-state index >= 15 is 0 Å². The van der Waals surface area contributed by atoms with Crippen LogP contribution in [0.3, 0.4) is 0 Å². The number of pyridine rings is 2. The van der Waals surface area contributed by atoms with Crippen LogP contribution < -0.4 is 5.32 Å². The third-order valence-corrected chi connectivity index (χ3v) is 3.70. The van der Waals surface area contributed by atoms with E-state index in [1.165, 1.54) is 0 Å². The molecule has 4 rings (SSSR count). The van der Waals surface area contributed by atoms with Gasteiger partial charge >= 0.3 is 0 Å². The fourth-order valence-electron chi connectivity index (χ4n) is 2.59. The van der Waals surface area contributed by atoms with Crippen LogP contribution >= 0.6 is 0 Å². The molecule has 0 bridgehead atoms. The van der Waals surface area contributed by atoms with Gasteiger partial charge in [0, 0.05) is 22.8 Å². The van der Waals surface area contributed by atoms with Crippen LogP contribution in [0.25, 0.3) is 22.2 Å². The average molecular weight is 297 g/mol. The summed E-state index contributed by atoms with van der Waals surface area (Å²) in [6.07, 6.45) is 1.80. The fourth-order valence-corrected chi connectivity index (χ4v) is 2.59. The molecule has 4 aromatic rings. The van der Waals surface area contributed by atoms with E-state index in [2.05, 4.69) is 22.4 Å². The Morgan fingerprint density at radius 3 is 2.35 bits per heavy atom. The van der Waals surface area contributed by atoms with Crippen molar-refractivity contribution in [1.82, 2.24) is 9.97 Å². The van der Waals surface area contributed by atoms with Gasteiger partial charge in [-0.15, -0.1) is 0 Å². The molecule has 2 aromatic carbocycles. The molecule has 2 heterocycles. The minimum absolute atomic E-state index is 0.814. The Kier molecular flexibility index (Phi) is 3.45. The Labute approximate surface area is 134 Å². The second-order valence-electron chi connectivity index (χ2n) is 5.28. The van der Waals surface area contributed by atoms with Crippen molar-refractivity contribution in [2.24, 2.45) is 0 Å². The van der Waals surface area contributed by atoms with Crippen molar-refractivity contribution in [1.29, 1.82) is 0 Å². The van der Waals surface area contributed by atoms with Gasteiger partial charge < -0.3 is 5.32 Å². The maximum Gasteiger partial charge on any atom is 0.140 e. The molecule has 0 unspecified atom stereocenters. The van der Waals surface area contributed by atoms with Gasteiger partial charge in [0.25, 0.3) is 0 Å². The lowest BCUT2D eigenvalue weighted by Gasteiger charge is -2.12. The number of nitrogens with one attached hydrogen (secondary N) is 1. The number of hydrogen-bond donors (Lipinski definition) is 1. The first kappa shape index (κ1) is 13.5. The quantitative estimate of drug-likeness (QED) is 0.575. The van der Waals surface area contributed by atoms with Crippen LogP contribution in [0.15, 0.2) is 85.1 Å². The topological polar surface area (TPSA) is 37.8 Å². The van der Waals surface area contributed by atoms with Gasteiger partial charge in [-0.2, -0.15) is 0 Å². The largest absolute Gasteiger partial charge is 0.340 e. The Hall–Kier alpha value is -3.20. The van der Waals surface area contributed by atoms with E-state index in [-0.39, 0.29) is 0 Å². The Bertz CT molecular complexity index is 935. The molecule has 1 N–H and O–H groups in total. The van der Waals surface area contributed by atoms with Crippen LogP contribution in [0, 0.1) is 0 Å². The van der Waals surface area contributed by atoms with Gasteiger partial charge in [0.15, 0.2) is 0 Å². The van der Waals surface area contributed by atoms with Crippen LogP contribution in [0.2, 0.25) is 0 Å². The lowest BCUT2D eigenvalue weighted by atomic mass is 10.1. The lowest BCUT2D eigenvalue weighted by molar-refractivity contribution is 1.30. The second-order valence-corrected chi connectivity index (χ2v) is 5.28. The molecule has 0 aliphatic rings. The molecule has 23 heavy (non-hydrogen) atoms. The molecule has 110 valence electrons. The van der Waals surface area contributed by atoms with Gasteiger partial charge in [0.2, 0.25) is 0 Å². The third-order valence-electron chi connectivity index (χ3n) is 3.70. The van der Waals surface area contributed by atoms with Crippen molar-refractivity contribution in [3.05, 3.63) is 85.1 Å². The van der Waals surface area contributed by atoms with Gasteiger partial charge in [-0.3, -0.25) is 4.98 Å². The van der Waals surface area contributed by atoms with Crippen LogP contribution in [0.4, 0.5) is 11.5 Å². The summed E-state index contributed by atoms with van der Waals surface area (Å²) in [5.74, 6) is 0.814. The highest BCUT2D eigenvalue weighted by Gasteiger charge is 2.10. The molecule has 0 aliphatic heterocycles. The summed E-state index contributed by atoms with van der Waals surface area (Å²) in [6, 6.07) is 26.2. The van der Waals surface area contributed by atoms with Crippen molar-refractivity contribution in [3.8, 4) is 11.3 Å². The molecule has 0 aliphatic carbocycles. The third kappa shape index (κ3) is 2.77. The van der Waals surface area contributed by atoms with Gasteiger partial charge in [0.05, 0.1) is 11.2 Å². The molecular formula is C20H15N3. The number of rotatable bonds is 3. The summed E-state index contributed by atoms with van der Waals surface area (Å²) >= 11 is 0. The van der Waals surface area contributed by atoms with E-state index in [0.29, 0.717) is 0 Å². The Morgan fingerprint density at radius 2 is 1.52 bits per heavy atom. The van der Waals surface area contributed by atoms with Crippen molar-refractivity contribution in [3.63, 3.8) is 0 Å². The highest BCUT2D eigenvalue weighted by molar-refractivity contribution is 5.89. The molecule has 0 fully saturated rings. The molecule has 3 nitrogen and oxygen atoms in total. The molecule has 0 amide bonds. The fraction of sp³-hybridized carbons (Fsp3) is 0. The van der Waals surface area contributed by atoms with E-state index < -0.39 is 0 Å². The molecule has 0 atom stereocenters. The molecule has 0 saturated heterocycles. The summed E-state index contributed by atoms with van der Waals surface area (Å²) in [5, 5.41) is 4.52. The number of anilines is 2. The van der Waals surface area contributed by atoms with Gasteiger partial charge in [0.1, 0.15) is 5.82 Å². The summed E-state index contributed by atoms with van der Waals surface area (Å²) in [4.78, 5) is 9.27. The molecule has 0 saturated carbocycles. The lowest BCUT2D eigenvalue weighted by Crippen LogP contribution is -1.98. The van der Waals surface area contributed by atoms with Crippen LogP contribution in [-0.4, -0.2) is 9.97 Å². The van der Waals surface area contributed by atoms with Gasteiger partial charge in [-0.05, 0) is 36.4 Å². The zero-order chi connectivity index (χ0) is 15.5. The first-order valence-electron chi connectivity index (χ1n) is 7.53. The zero-order valence-electron chi connectivity index (χ0n) is 12.5. The first-order chi connectivity index (χ1) is 11.4. The highest BCUT2D eigenvalue weighted by Crippen LogP contribution is 2.30. The first-order valence-corrected chi connectivity index (χ1v) is 7.53. The predicted molar refractivity (Wildman–Crippen MR) is 94.7 cm³/mol. The molecular weight excluding hydrogens is 282 g/mol. The number of nitrogens with zero attached hydrogens (tertiary/aromatic N) is 2. The van der Waals surface area contributed by atoms with Gasteiger partial charge in [-0.25, -0.2) is 4.98 Å². The second kappa shape index (κ2) is 5.89. The summed E-state index contributed by atoms with van der Waals surface area (Å²) < 4.78 is 0. The molecule has 0 radical (unpaired) electrons. The van der Waals surface area contributed by atoms with Crippen LogP contribution in [0.1, 0.15) is 0 Å². The number of benzene rings is 2. The molecule has 0 spiro atoms. The number of fused-ring (bicyclic) bond motifs is 1. The summed E-state index contributed by atoms with van der Waals surface area (Å²) in [7, 11) is 0. The SMILES string of the molecule is c1ccc(Nc2nc3ccccc3cc2-c2ccccn2)cc1. The Morgan fingerprint density at radius 1 is 0.739 bits per heavy atom. The van der Waals surface area contributed by atoms with E-state index in [1.54, 1.807) is 6.20 Å². The highest BCUT2D eigenvalue weighted by atomic mass is 15.0. The molecule has 2 aromatic heterocycles. The maximum atomic E-state index is 4.80. The van der Waals surface area contributed by atoms with E-state index in [0.717, 1.165) is 33.7 Å². The van der Waals surface area contributed by atoms with E-state index in [4.69, 9.17) is 4.98 Å². The normalized spacial score (nSPS) is 10.6. The number of hydrogen-bond acceptors (Lipinski definition) is 3. The van der Waals surface area contributed by atoms with Crippen molar-refractivity contribution >= 4 is 22.4 Å². The maximum absolute atomic E-state index is 4.80. The number of aromatic nitrogens is 2.